The van der Waals surface area contributed by atoms with Crippen molar-refractivity contribution in [1.29, 1.82) is 0 Å². The van der Waals surface area contributed by atoms with Crippen LogP contribution in [0.5, 0.6) is 0 Å². The first-order valence-electron chi connectivity index (χ1n) is 7.49. The van der Waals surface area contributed by atoms with Gasteiger partial charge in [-0.3, -0.25) is 0 Å². The summed E-state index contributed by atoms with van der Waals surface area (Å²) in [7, 11) is 0. The Bertz CT molecular complexity index is 375. The summed E-state index contributed by atoms with van der Waals surface area (Å²) in [6, 6.07) is 6.89. The van der Waals surface area contributed by atoms with Gasteiger partial charge in [-0.15, -0.1) is 0 Å². The van der Waals surface area contributed by atoms with Crippen LogP contribution < -0.4 is 5.73 Å². The smallest absolute Gasteiger partial charge is 0.0300 e. The lowest BCUT2D eigenvalue weighted by Crippen LogP contribution is -2.16. The Labute approximate surface area is 112 Å². The van der Waals surface area contributed by atoms with Crippen LogP contribution in [-0.2, 0) is 0 Å². The zero-order valence-electron chi connectivity index (χ0n) is 11.9. The fourth-order valence-electron chi connectivity index (χ4n) is 3.25. The fraction of sp³-hybridized carbons (Fsp3) is 0.647. The maximum Gasteiger partial charge on any atom is 0.0300 e. The number of rotatable bonds is 3. The predicted octanol–water partition coefficient (Wildman–Crippen LogP) is 4.66. The van der Waals surface area contributed by atoms with E-state index in [2.05, 4.69) is 32.0 Å². The second kappa shape index (κ2) is 6.38. The third-order valence-corrected chi connectivity index (χ3v) is 4.40. The molecule has 0 aliphatic heterocycles. The van der Waals surface area contributed by atoms with Crippen molar-refractivity contribution < 1.29 is 0 Å². The van der Waals surface area contributed by atoms with E-state index < -0.39 is 0 Å². The Morgan fingerprint density at radius 2 is 1.78 bits per heavy atom. The second-order valence-corrected chi connectivity index (χ2v) is 6.06. The molecule has 1 saturated carbocycles. The highest BCUT2D eigenvalue weighted by molar-refractivity contribution is 5.32. The molecule has 1 atom stereocenters. The van der Waals surface area contributed by atoms with Crippen molar-refractivity contribution in [2.75, 3.05) is 0 Å². The molecule has 0 bridgehead atoms. The first-order chi connectivity index (χ1) is 8.66. The molecule has 1 heteroatoms. The molecule has 0 amide bonds. The topological polar surface area (TPSA) is 26.0 Å². The minimum atomic E-state index is 0.230. The van der Waals surface area contributed by atoms with Crippen LogP contribution in [-0.4, -0.2) is 0 Å². The highest BCUT2D eigenvalue weighted by Gasteiger charge is 2.17. The molecule has 1 aliphatic carbocycles. The lowest BCUT2D eigenvalue weighted by molar-refractivity contribution is 0.392. The highest BCUT2D eigenvalue weighted by atomic mass is 14.6. The third kappa shape index (κ3) is 3.58. The number of hydrogen-bond donors (Lipinski definition) is 1. The Kier molecular flexibility index (Phi) is 4.82. The Balaban J connectivity index is 2.01. The van der Waals surface area contributed by atoms with Gasteiger partial charge in [-0.2, -0.15) is 0 Å². The van der Waals surface area contributed by atoms with Crippen LogP contribution >= 0.6 is 0 Å². The molecule has 1 fully saturated rings. The summed E-state index contributed by atoms with van der Waals surface area (Å²) < 4.78 is 0. The quantitative estimate of drug-likeness (QED) is 0.770. The van der Waals surface area contributed by atoms with Crippen molar-refractivity contribution in [2.24, 2.45) is 11.7 Å². The van der Waals surface area contributed by atoms with Gasteiger partial charge in [0.05, 0.1) is 0 Å². The van der Waals surface area contributed by atoms with Gasteiger partial charge in [0.25, 0.3) is 0 Å². The predicted molar refractivity (Wildman–Crippen MR) is 78.7 cm³/mol. The number of hydrogen-bond acceptors (Lipinski definition) is 1. The van der Waals surface area contributed by atoms with Gasteiger partial charge in [-0.1, -0.05) is 62.3 Å². The van der Waals surface area contributed by atoms with Crippen molar-refractivity contribution >= 4 is 0 Å². The minimum Gasteiger partial charge on any atom is -0.324 e. The van der Waals surface area contributed by atoms with E-state index in [1.54, 1.807) is 0 Å². The van der Waals surface area contributed by atoms with E-state index in [1.165, 1.54) is 61.6 Å². The van der Waals surface area contributed by atoms with Crippen LogP contribution in [0, 0.1) is 19.8 Å². The van der Waals surface area contributed by atoms with Gasteiger partial charge in [0.2, 0.25) is 0 Å². The summed E-state index contributed by atoms with van der Waals surface area (Å²) in [5, 5.41) is 0. The summed E-state index contributed by atoms with van der Waals surface area (Å²) in [6.45, 7) is 4.34. The van der Waals surface area contributed by atoms with E-state index in [9.17, 15) is 0 Å². The first-order valence-corrected chi connectivity index (χ1v) is 7.49. The molecule has 1 nitrogen and oxygen atoms in total. The van der Waals surface area contributed by atoms with E-state index in [1.807, 2.05) is 0 Å². The first kappa shape index (κ1) is 13.6. The van der Waals surface area contributed by atoms with Gasteiger partial charge in [0.1, 0.15) is 0 Å². The van der Waals surface area contributed by atoms with Gasteiger partial charge in [0.15, 0.2) is 0 Å². The van der Waals surface area contributed by atoms with Crippen molar-refractivity contribution in [1.82, 2.24) is 0 Å². The van der Waals surface area contributed by atoms with Gasteiger partial charge in [0, 0.05) is 6.04 Å². The van der Waals surface area contributed by atoms with Crippen molar-refractivity contribution in [3.8, 4) is 0 Å². The summed E-state index contributed by atoms with van der Waals surface area (Å²) >= 11 is 0. The number of benzene rings is 1. The molecule has 0 aromatic heterocycles. The molecule has 0 heterocycles. The van der Waals surface area contributed by atoms with Gasteiger partial charge < -0.3 is 5.73 Å². The van der Waals surface area contributed by atoms with Crippen LogP contribution in [0.3, 0.4) is 0 Å². The Morgan fingerprint density at radius 3 is 2.44 bits per heavy atom. The molecule has 100 valence electrons. The van der Waals surface area contributed by atoms with Crippen LogP contribution in [0.2, 0.25) is 0 Å². The standard InChI is InChI=1S/C17H27N/c1-13-9-10-14(2)16(11-13)17(18)12-15-7-5-3-4-6-8-15/h9-11,15,17H,3-8,12,18H2,1-2H3. The normalized spacial score (nSPS) is 19.5. The monoisotopic (exact) mass is 245 g/mol. The molecular weight excluding hydrogens is 218 g/mol. The summed E-state index contributed by atoms with van der Waals surface area (Å²) in [4.78, 5) is 0. The van der Waals surface area contributed by atoms with Gasteiger partial charge in [-0.05, 0) is 37.3 Å². The number of nitrogens with two attached hydrogens (primary N) is 1. The lowest BCUT2D eigenvalue weighted by Gasteiger charge is -2.21. The highest BCUT2D eigenvalue weighted by Crippen LogP contribution is 2.31. The molecular formula is C17H27N. The molecule has 0 radical (unpaired) electrons. The molecule has 18 heavy (non-hydrogen) atoms. The summed E-state index contributed by atoms with van der Waals surface area (Å²) in [6.07, 6.45) is 9.61. The van der Waals surface area contributed by atoms with Gasteiger partial charge >= 0.3 is 0 Å². The van der Waals surface area contributed by atoms with Crippen LogP contribution in [0.15, 0.2) is 18.2 Å². The summed E-state index contributed by atoms with van der Waals surface area (Å²) in [5.41, 5.74) is 10.5. The minimum absolute atomic E-state index is 0.230. The molecule has 1 aromatic carbocycles. The van der Waals surface area contributed by atoms with E-state index in [0.29, 0.717) is 0 Å². The van der Waals surface area contributed by atoms with E-state index in [0.717, 1.165) is 5.92 Å². The molecule has 2 N–H and O–H groups in total. The van der Waals surface area contributed by atoms with Crippen LogP contribution in [0.4, 0.5) is 0 Å². The molecule has 1 unspecified atom stereocenters. The largest absolute Gasteiger partial charge is 0.324 e. The third-order valence-electron chi connectivity index (χ3n) is 4.40. The van der Waals surface area contributed by atoms with Crippen LogP contribution in [0.1, 0.15) is 67.7 Å². The lowest BCUT2D eigenvalue weighted by atomic mass is 9.88. The van der Waals surface area contributed by atoms with Crippen molar-refractivity contribution in [3.63, 3.8) is 0 Å². The molecule has 1 aromatic rings. The average Bonchev–Trinajstić information content (AvgIpc) is 2.61. The van der Waals surface area contributed by atoms with Crippen molar-refractivity contribution in [3.05, 3.63) is 34.9 Å². The maximum absolute atomic E-state index is 6.45. The average molecular weight is 245 g/mol. The Hall–Kier alpha value is -0.820. The van der Waals surface area contributed by atoms with E-state index in [-0.39, 0.29) is 6.04 Å². The SMILES string of the molecule is Cc1ccc(C)c(C(N)CC2CCCCCC2)c1. The Morgan fingerprint density at radius 1 is 1.11 bits per heavy atom. The van der Waals surface area contributed by atoms with Crippen molar-refractivity contribution in [2.45, 2.75) is 64.8 Å². The maximum atomic E-state index is 6.45. The van der Waals surface area contributed by atoms with Crippen LogP contribution in [0.25, 0.3) is 0 Å². The zero-order chi connectivity index (χ0) is 13.0. The number of aryl methyl sites for hydroxylation is 2. The van der Waals surface area contributed by atoms with Gasteiger partial charge in [-0.25, -0.2) is 0 Å². The zero-order valence-corrected chi connectivity index (χ0v) is 11.9. The van der Waals surface area contributed by atoms with E-state index in [4.69, 9.17) is 5.73 Å². The second-order valence-electron chi connectivity index (χ2n) is 6.06. The molecule has 1 aliphatic rings. The fourth-order valence-corrected chi connectivity index (χ4v) is 3.25. The molecule has 0 saturated heterocycles. The molecule has 0 spiro atoms. The summed E-state index contributed by atoms with van der Waals surface area (Å²) in [5.74, 6) is 0.849. The molecule has 2 rings (SSSR count). The van der Waals surface area contributed by atoms with E-state index >= 15 is 0 Å².